The number of carbonyl (C=O) groups excluding carboxylic acids is 1. The Kier molecular flexibility index (Phi) is 2.92. The molecule has 6 heteroatoms. The van der Waals surface area contributed by atoms with E-state index in [1.807, 2.05) is 0 Å². The average Bonchev–Trinajstić information content (AvgIpc) is 2.31. The molecule has 1 saturated heterocycles. The molecule has 1 rings (SSSR count). The van der Waals surface area contributed by atoms with Gasteiger partial charge in [-0.25, -0.2) is 13.4 Å². The second-order valence-electron chi connectivity index (χ2n) is 3.39. The van der Waals surface area contributed by atoms with Crippen LogP contribution in [-0.4, -0.2) is 56.5 Å². The van der Waals surface area contributed by atoms with Crippen molar-refractivity contribution in [3.05, 3.63) is 0 Å². The van der Waals surface area contributed by atoms with Crippen molar-refractivity contribution in [1.82, 2.24) is 10.0 Å². The van der Waals surface area contributed by atoms with E-state index >= 15 is 0 Å². The summed E-state index contributed by atoms with van der Waals surface area (Å²) in [5.74, 6) is 0.278. The largest absolute Gasteiger partial charge is 0.277 e. The molecule has 1 aliphatic heterocycles. The van der Waals surface area contributed by atoms with Gasteiger partial charge in [-0.05, 0) is 6.42 Å². The summed E-state index contributed by atoms with van der Waals surface area (Å²) >= 11 is 0. The van der Waals surface area contributed by atoms with Gasteiger partial charge in [0.05, 0.1) is 17.5 Å². The Morgan fingerprint density at radius 1 is 1.38 bits per heavy atom. The number of sulfone groups is 1. The van der Waals surface area contributed by atoms with Gasteiger partial charge in [0.15, 0.2) is 9.84 Å². The van der Waals surface area contributed by atoms with Gasteiger partial charge in [0, 0.05) is 14.1 Å². The first-order valence-corrected chi connectivity index (χ1v) is 5.90. The summed E-state index contributed by atoms with van der Waals surface area (Å²) in [6.07, 6.45) is 1.21. The van der Waals surface area contributed by atoms with E-state index in [1.54, 1.807) is 19.1 Å². The lowest BCUT2D eigenvalue weighted by atomic mass is 10.2. The maximum atomic E-state index is 11.1. The number of nitrogens with zero attached hydrogens (tertiary/aromatic N) is 2. The van der Waals surface area contributed by atoms with Crippen molar-refractivity contribution in [2.75, 3.05) is 25.6 Å². The summed E-state index contributed by atoms with van der Waals surface area (Å²) in [6, 6.07) is -0.183. The van der Waals surface area contributed by atoms with Crippen molar-refractivity contribution in [2.24, 2.45) is 0 Å². The van der Waals surface area contributed by atoms with Gasteiger partial charge in [-0.2, -0.15) is 0 Å². The minimum Gasteiger partial charge on any atom is -0.277 e. The highest BCUT2D eigenvalue weighted by Gasteiger charge is 2.32. The zero-order chi connectivity index (χ0) is 10.1. The second-order valence-corrected chi connectivity index (χ2v) is 5.62. The van der Waals surface area contributed by atoms with Crippen LogP contribution in [0.15, 0.2) is 0 Å². The Labute approximate surface area is 78.2 Å². The number of hydrogen-bond donors (Lipinski definition) is 0. The van der Waals surface area contributed by atoms with Crippen molar-refractivity contribution < 1.29 is 13.2 Å². The van der Waals surface area contributed by atoms with E-state index < -0.39 is 9.84 Å². The standard InChI is InChI=1S/C7H14N2O3S/c1-8(2)9(6-10)7-3-4-13(11,12)5-7/h6-7H,3-5H2,1-2H3. The second kappa shape index (κ2) is 3.63. The zero-order valence-corrected chi connectivity index (χ0v) is 8.62. The highest BCUT2D eigenvalue weighted by molar-refractivity contribution is 7.91. The predicted octanol–water partition coefficient (Wildman–Crippen LogP) is -0.891. The van der Waals surface area contributed by atoms with Crippen LogP contribution in [0, 0.1) is 0 Å². The SMILES string of the molecule is CN(C)N(C=O)C1CCS(=O)(=O)C1. The molecule has 0 spiro atoms. The van der Waals surface area contributed by atoms with E-state index in [1.165, 1.54) is 5.01 Å². The number of rotatable bonds is 3. The molecule has 0 aromatic heterocycles. The highest BCUT2D eigenvalue weighted by Crippen LogP contribution is 2.16. The van der Waals surface area contributed by atoms with E-state index in [-0.39, 0.29) is 17.5 Å². The van der Waals surface area contributed by atoms with Crippen LogP contribution < -0.4 is 0 Å². The molecule has 76 valence electrons. The molecule has 1 atom stereocenters. The first-order valence-electron chi connectivity index (χ1n) is 4.07. The molecule has 0 radical (unpaired) electrons. The Morgan fingerprint density at radius 2 is 2.00 bits per heavy atom. The number of amides is 1. The van der Waals surface area contributed by atoms with Crippen molar-refractivity contribution in [2.45, 2.75) is 12.5 Å². The maximum absolute atomic E-state index is 11.1. The molecule has 0 aromatic carbocycles. The lowest BCUT2D eigenvalue weighted by molar-refractivity contribution is -0.134. The van der Waals surface area contributed by atoms with E-state index in [0.717, 1.165) is 0 Å². The van der Waals surface area contributed by atoms with Gasteiger partial charge in [0.1, 0.15) is 0 Å². The van der Waals surface area contributed by atoms with Gasteiger partial charge in [0.25, 0.3) is 0 Å². The fourth-order valence-corrected chi connectivity index (χ4v) is 3.19. The van der Waals surface area contributed by atoms with Crippen molar-refractivity contribution in [1.29, 1.82) is 0 Å². The Bertz CT molecular complexity index is 286. The Morgan fingerprint density at radius 3 is 2.31 bits per heavy atom. The summed E-state index contributed by atoms with van der Waals surface area (Å²) in [7, 11) is 0.532. The van der Waals surface area contributed by atoms with Crippen molar-refractivity contribution in [3.63, 3.8) is 0 Å². The van der Waals surface area contributed by atoms with E-state index in [9.17, 15) is 13.2 Å². The molecule has 0 aromatic rings. The van der Waals surface area contributed by atoms with Gasteiger partial charge in [-0.15, -0.1) is 0 Å². The third kappa shape index (κ3) is 2.41. The molecule has 1 aliphatic rings. The summed E-state index contributed by atoms with van der Waals surface area (Å²) in [5, 5.41) is 3.03. The fraction of sp³-hybridized carbons (Fsp3) is 0.857. The molecular formula is C7H14N2O3S. The van der Waals surface area contributed by atoms with E-state index in [2.05, 4.69) is 0 Å². The first kappa shape index (κ1) is 10.5. The predicted molar refractivity (Wildman–Crippen MR) is 48.6 cm³/mol. The highest BCUT2D eigenvalue weighted by atomic mass is 32.2. The van der Waals surface area contributed by atoms with Crippen LogP contribution in [-0.2, 0) is 14.6 Å². The van der Waals surface area contributed by atoms with Crippen LogP contribution in [0.25, 0.3) is 0 Å². The number of carbonyl (C=O) groups is 1. The molecule has 1 heterocycles. The lowest BCUT2D eigenvalue weighted by Gasteiger charge is -2.29. The molecule has 0 aliphatic carbocycles. The van der Waals surface area contributed by atoms with Crippen LogP contribution in [0.5, 0.6) is 0 Å². The van der Waals surface area contributed by atoms with E-state index in [0.29, 0.717) is 12.8 Å². The molecule has 1 unspecified atom stereocenters. The smallest absolute Gasteiger partial charge is 0.224 e. The van der Waals surface area contributed by atoms with Gasteiger partial charge in [0.2, 0.25) is 6.41 Å². The average molecular weight is 206 g/mol. The van der Waals surface area contributed by atoms with Crippen LogP contribution in [0.3, 0.4) is 0 Å². The number of hydrazine groups is 1. The summed E-state index contributed by atoms with van der Waals surface area (Å²) in [4.78, 5) is 10.6. The minimum absolute atomic E-state index is 0.0872. The molecule has 1 amide bonds. The summed E-state index contributed by atoms with van der Waals surface area (Å²) in [5.41, 5.74) is 0. The fourth-order valence-electron chi connectivity index (χ4n) is 1.49. The van der Waals surface area contributed by atoms with E-state index in [4.69, 9.17) is 0 Å². The Balaban J connectivity index is 2.69. The molecule has 1 fully saturated rings. The van der Waals surface area contributed by atoms with Crippen molar-refractivity contribution in [3.8, 4) is 0 Å². The van der Waals surface area contributed by atoms with Gasteiger partial charge in [-0.1, -0.05) is 0 Å². The molecule has 0 N–H and O–H groups in total. The first-order chi connectivity index (χ1) is 5.96. The summed E-state index contributed by atoms with van der Waals surface area (Å²) in [6.45, 7) is 0. The molecule has 0 bridgehead atoms. The molecule has 13 heavy (non-hydrogen) atoms. The van der Waals surface area contributed by atoms with Crippen molar-refractivity contribution >= 4 is 16.2 Å². The topological polar surface area (TPSA) is 57.7 Å². The monoisotopic (exact) mass is 206 g/mol. The van der Waals surface area contributed by atoms with Crippen LogP contribution in [0.1, 0.15) is 6.42 Å². The quantitative estimate of drug-likeness (QED) is 0.444. The number of hydrogen-bond acceptors (Lipinski definition) is 4. The third-order valence-electron chi connectivity index (χ3n) is 2.15. The lowest BCUT2D eigenvalue weighted by Crippen LogP contribution is -2.44. The minimum atomic E-state index is -2.91. The Hall–Kier alpha value is -0.620. The molecule has 0 saturated carbocycles. The molecular weight excluding hydrogens is 192 g/mol. The molecule has 5 nitrogen and oxygen atoms in total. The maximum Gasteiger partial charge on any atom is 0.224 e. The van der Waals surface area contributed by atoms with Crippen LogP contribution in [0.2, 0.25) is 0 Å². The normalized spacial score (nSPS) is 26.2. The van der Waals surface area contributed by atoms with Crippen LogP contribution >= 0.6 is 0 Å². The summed E-state index contributed by atoms with van der Waals surface area (Å²) < 4.78 is 22.2. The van der Waals surface area contributed by atoms with Gasteiger partial charge >= 0.3 is 0 Å². The van der Waals surface area contributed by atoms with Crippen LogP contribution in [0.4, 0.5) is 0 Å². The van der Waals surface area contributed by atoms with Gasteiger partial charge in [-0.3, -0.25) is 9.80 Å². The zero-order valence-electron chi connectivity index (χ0n) is 7.80. The van der Waals surface area contributed by atoms with Gasteiger partial charge < -0.3 is 0 Å². The third-order valence-corrected chi connectivity index (χ3v) is 3.90.